The number of hydrogen-bond acceptors (Lipinski definition) is 4. The number of hydrogen-bond donors (Lipinski definition) is 2. The Labute approximate surface area is 124 Å². The molecular formula is C16H10N4O2. The number of carbonyl (C=O) groups is 1. The molecule has 0 aliphatic rings. The first-order valence-electron chi connectivity index (χ1n) is 6.67. The molecule has 0 unspecified atom stereocenters. The third-order valence-corrected chi connectivity index (χ3v) is 3.41. The van der Waals surface area contributed by atoms with Crippen molar-refractivity contribution in [2.45, 2.75) is 0 Å². The van der Waals surface area contributed by atoms with Crippen LogP contribution in [0.4, 0.5) is 0 Å². The summed E-state index contributed by atoms with van der Waals surface area (Å²) in [4.78, 5) is 27.4. The molecule has 0 aliphatic heterocycles. The Hall–Kier alpha value is -3.28. The van der Waals surface area contributed by atoms with Crippen molar-refractivity contribution < 1.29 is 9.90 Å². The van der Waals surface area contributed by atoms with Gasteiger partial charge in [-0.1, -0.05) is 24.3 Å². The van der Waals surface area contributed by atoms with E-state index in [1.54, 1.807) is 24.3 Å². The lowest BCUT2D eigenvalue weighted by atomic mass is 10.1. The van der Waals surface area contributed by atoms with Crippen LogP contribution in [0.3, 0.4) is 0 Å². The fraction of sp³-hybridized carbons (Fsp3) is 0. The van der Waals surface area contributed by atoms with Gasteiger partial charge in [-0.3, -0.25) is 0 Å². The summed E-state index contributed by atoms with van der Waals surface area (Å²) in [5.74, 6) is -0.340. The van der Waals surface area contributed by atoms with E-state index >= 15 is 0 Å². The van der Waals surface area contributed by atoms with Crippen LogP contribution in [0.25, 0.3) is 33.7 Å². The van der Waals surface area contributed by atoms with Crippen molar-refractivity contribution in [1.82, 2.24) is 19.9 Å². The number of carboxylic acids is 1. The van der Waals surface area contributed by atoms with Crippen molar-refractivity contribution >= 4 is 28.3 Å². The molecule has 0 saturated heterocycles. The number of imidazole rings is 1. The number of H-pyrrole nitrogens is 1. The highest BCUT2D eigenvalue weighted by molar-refractivity contribution is 5.88. The Morgan fingerprint density at radius 1 is 0.909 bits per heavy atom. The van der Waals surface area contributed by atoms with Gasteiger partial charge in [0.05, 0.1) is 16.6 Å². The summed E-state index contributed by atoms with van der Waals surface area (Å²) in [6.07, 6.45) is 0. The molecule has 0 amide bonds. The molecule has 0 aliphatic carbocycles. The molecule has 0 atom stereocenters. The molecule has 0 spiro atoms. The monoisotopic (exact) mass is 290 g/mol. The second-order valence-corrected chi connectivity index (χ2v) is 4.85. The van der Waals surface area contributed by atoms with E-state index in [1.165, 1.54) is 0 Å². The molecule has 6 heteroatoms. The van der Waals surface area contributed by atoms with Gasteiger partial charge in [0, 0.05) is 5.56 Å². The van der Waals surface area contributed by atoms with E-state index in [2.05, 4.69) is 19.9 Å². The highest BCUT2D eigenvalue weighted by Gasteiger charge is 2.10. The van der Waals surface area contributed by atoms with E-state index in [0.717, 1.165) is 16.6 Å². The summed E-state index contributed by atoms with van der Waals surface area (Å²) < 4.78 is 0. The zero-order valence-electron chi connectivity index (χ0n) is 11.3. The lowest BCUT2D eigenvalue weighted by Gasteiger charge is -1.97. The van der Waals surface area contributed by atoms with E-state index in [4.69, 9.17) is 5.11 Å². The number of nitrogens with one attached hydrogen (secondary N) is 1. The van der Waals surface area contributed by atoms with Gasteiger partial charge >= 0.3 is 5.97 Å². The van der Waals surface area contributed by atoms with E-state index in [-0.39, 0.29) is 5.56 Å². The average Bonchev–Trinajstić information content (AvgIpc) is 2.95. The largest absolute Gasteiger partial charge is 0.478 e. The Morgan fingerprint density at radius 3 is 2.27 bits per heavy atom. The molecule has 6 nitrogen and oxygen atoms in total. The number of fused-ring (bicyclic) bond motifs is 2. The third kappa shape index (κ3) is 1.98. The number of nitrogens with zero attached hydrogens (tertiary/aromatic N) is 3. The molecule has 0 fully saturated rings. The van der Waals surface area contributed by atoms with Crippen LogP contribution in [-0.2, 0) is 0 Å². The lowest BCUT2D eigenvalue weighted by molar-refractivity contribution is 0.0697. The molecule has 2 N–H and O–H groups in total. The summed E-state index contributed by atoms with van der Waals surface area (Å²) in [5.41, 5.74) is 3.75. The number of rotatable bonds is 2. The van der Waals surface area contributed by atoms with Gasteiger partial charge < -0.3 is 10.1 Å². The first-order valence-corrected chi connectivity index (χ1v) is 6.67. The van der Waals surface area contributed by atoms with E-state index in [0.29, 0.717) is 17.1 Å². The van der Waals surface area contributed by atoms with E-state index in [9.17, 15) is 4.79 Å². The number of para-hydroxylation sites is 2. The molecule has 22 heavy (non-hydrogen) atoms. The van der Waals surface area contributed by atoms with Crippen molar-refractivity contribution in [1.29, 1.82) is 0 Å². The maximum atomic E-state index is 10.9. The molecule has 0 saturated carbocycles. The minimum absolute atomic E-state index is 0.238. The molecule has 0 radical (unpaired) electrons. The number of aromatic amines is 1. The van der Waals surface area contributed by atoms with Gasteiger partial charge in [0.2, 0.25) is 0 Å². The van der Waals surface area contributed by atoms with Crippen molar-refractivity contribution in [2.75, 3.05) is 0 Å². The standard InChI is InChI=1S/C16H10N4O2/c21-16(22)10-7-5-9(6-8-10)13-19-14-15(20-13)18-12-4-2-1-3-11(12)17-14/h1-8H,(H,21,22)(H,17,18,19,20). The van der Waals surface area contributed by atoms with Gasteiger partial charge in [-0.25, -0.2) is 19.7 Å². The van der Waals surface area contributed by atoms with Gasteiger partial charge in [-0.05, 0) is 24.3 Å². The van der Waals surface area contributed by atoms with Crippen LogP contribution >= 0.6 is 0 Å². The van der Waals surface area contributed by atoms with Gasteiger partial charge in [-0.2, -0.15) is 0 Å². The van der Waals surface area contributed by atoms with Crippen LogP contribution in [0.5, 0.6) is 0 Å². The Balaban J connectivity index is 1.84. The lowest BCUT2D eigenvalue weighted by Crippen LogP contribution is -1.95. The fourth-order valence-corrected chi connectivity index (χ4v) is 2.31. The third-order valence-electron chi connectivity index (χ3n) is 3.41. The second kappa shape index (κ2) is 4.63. The number of aromatic nitrogens is 4. The zero-order valence-corrected chi connectivity index (χ0v) is 11.3. The van der Waals surface area contributed by atoms with Crippen LogP contribution < -0.4 is 0 Å². The maximum Gasteiger partial charge on any atom is 0.335 e. The van der Waals surface area contributed by atoms with Crippen LogP contribution in [0.1, 0.15) is 10.4 Å². The first-order chi connectivity index (χ1) is 10.7. The highest BCUT2D eigenvalue weighted by Crippen LogP contribution is 2.21. The van der Waals surface area contributed by atoms with Gasteiger partial charge in [0.1, 0.15) is 5.82 Å². The highest BCUT2D eigenvalue weighted by atomic mass is 16.4. The normalized spacial score (nSPS) is 11.1. The number of aromatic carboxylic acids is 1. The molecule has 4 rings (SSSR count). The van der Waals surface area contributed by atoms with E-state index < -0.39 is 5.97 Å². The van der Waals surface area contributed by atoms with Crippen LogP contribution in [0.15, 0.2) is 48.5 Å². The molecule has 2 heterocycles. The topological polar surface area (TPSA) is 91.8 Å². The zero-order chi connectivity index (χ0) is 15.1. The second-order valence-electron chi connectivity index (χ2n) is 4.85. The molecule has 2 aromatic heterocycles. The van der Waals surface area contributed by atoms with Crippen molar-refractivity contribution in [3.8, 4) is 11.4 Å². The maximum absolute atomic E-state index is 10.9. The fourth-order valence-electron chi connectivity index (χ4n) is 2.31. The first kappa shape index (κ1) is 12.5. The van der Waals surface area contributed by atoms with Crippen LogP contribution in [0.2, 0.25) is 0 Å². The number of carboxylic acid groups (broad SMARTS) is 1. The summed E-state index contributed by atoms with van der Waals surface area (Å²) in [6.45, 7) is 0. The SMILES string of the molecule is O=C(O)c1ccc(-c2nc3nc4ccccc4nc3[nH]2)cc1. The van der Waals surface area contributed by atoms with Crippen molar-refractivity contribution in [2.24, 2.45) is 0 Å². The minimum atomic E-state index is -0.953. The summed E-state index contributed by atoms with van der Waals surface area (Å²) in [6, 6.07) is 14.1. The molecule has 0 bridgehead atoms. The van der Waals surface area contributed by atoms with Crippen molar-refractivity contribution in [3.63, 3.8) is 0 Å². The van der Waals surface area contributed by atoms with Gasteiger partial charge in [-0.15, -0.1) is 0 Å². The molecule has 106 valence electrons. The van der Waals surface area contributed by atoms with Gasteiger partial charge in [0.15, 0.2) is 11.3 Å². The smallest absolute Gasteiger partial charge is 0.335 e. The average molecular weight is 290 g/mol. The summed E-state index contributed by atoms with van der Waals surface area (Å²) in [7, 11) is 0. The molecule has 4 aromatic rings. The van der Waals surface area contributed by atoms with Crippen molar-refractivity contribution in [3.05, 3.63) is 54.1 Å². The predicted octanol–water partition coefficient (Wildman–Crippen LogP) is 2.87. The summed E-state index contributed by atoms with van der Waals surface area (Å²) >= 11 is 0. The Kier molecular flexibility index (Phi) is 2.62. The Bertz CT molecular complexity index is 953. The Morgan fingerprint density at radius 2 is 1.59 bits per heavy atom. The van der Waals surface area contributed by atoms with E-state index in [1.807, 2.05) is 24.3 Å². The molecular weight excluding hydrogens is 280 g/mol. The quantitative estimate of drug-likeness (QED) is 0.592. The molecule has 2 aromatic carbocycles. The minimum Gasteiger partial charge on any atom is -0.478 e. The van der Waals surface area contributed by atoms with Crippen LogP contribution in [-0.4, -0.2) is 31.0 Å². The van der Waals surface area contributed by atoms with Gasteiger partial charge in [0.25, 0.3) is 0 Å². The van der Waals surface area contributed by atoms with Crippen LogP contribution in [0, 0.1) is 0 Å². The predicted molar refractivity (Wildman–Crippen MR) is 81.6 cm³/mol. The summed E-state index contributed by atoms with van der Waals surface area (Å²) in [5, 5.41) is 8.93. The number of benzene rings is 2.